The van der Waals surface area contributed by atoms with Crippen molar-refractivity contribution < 1.29 is 18.8 Å². The number of carbonyl (C=O) groups excluding carboxylic acids is 3. The normalized spacial score (nSPS) is 15.8. The Morgan fingerprint density at radius 3 is 2.41 bits per heavy atom. The molecule has 7 heteroatoms. The van der Waals surface area contributed by atoms with E-state index in [0.29, 0.717) is 17.1 Å². The van der Waals surface area contributed by atoms with Crippen LogP contribution in [-0.2, 0) is 16.0 Å². The summed E-state index contributed by atoms with van der Waals surface area (Å²) in [5.74, 6) is -1.94. The smallest absolute Gasteiger partial charge is 0.257 e. The SMILES string of the molecule is O=C1C[C@H](N(CCc2ccccc2)C(=O)c2cccc(F)c2)C(=O)N1c1ccc(Cl)cc1. The monoisotopic (exact) mass is 450 g/mol. The molecule has 1 fully saturated rings. The summed E-state index contributed by atoms with van der Waals surface area (Å²) < 4.78 is 13.8. The number of imide groups is 1. The van der Waals surface area contributed by atoms with Crippen LogP contribution in [-0.4, -0.2) is 35.2 Å². The van der Waals surface area contributed by atoms with Crippen molar-refractivity contribution in [3.63, 3.8) is 0 Å². The highest BCUT2D eigenvalue weighted by Crippen LogP contribution is 2.28. The molecule has 1 atom stereocenters. The Labute approximate surface area is 190 Å². The predicted molar refractivity (Wildman–Crippen MR) is 120 cm³/mol. The molecule has 0 aromatic heterocycles. The van der Waals surface area contributed by atoms with Gasteiger partial charge in [-0.05, 0) is 54.4 Å². The van der Waals surface area contributed by atoms with Gasteiger partial charge < -0.3 is 4.90 Å². The first-order valence-corrected chi connectivity index (χ1v) is 10.5. The Morgan fingerprint density at radius 2 is 1.72 bits per heavy atom. The summed E-state index contributed by atoms with van der Waals surface area (Å²) in [6.45, 7) is 0.206. The van der Waals surface area contributed by atoms with E-state index in [1.54, 1.807) is 24.3 Å². The van der Waals surface area contributed by atoms with Crippen molar-refractivity contribution >= 4 is 35.0 Å². The third kappa shape index (κ3) is 4.55. The summed E-state index contributed by atoms with van der Waals surface area (Å²) in [5.41, 5.74) is 1.51. The van der Waals surface area contributed by atoms with E-state index in [1.807, 2.05) is 30.3 Å². The van der Waals surface area contributed by atoms with Gasteiger partial charge in [0.2, 0.25) is 5.91 Å². The second-order valence-electron chi connectivity index (χ2n) is 7.51. The Kier molecular flexibility index (Phi) is 6.32. The lowest BCUT2D eigenvalue weighted by atomic mass is 10.1. The number of halogens is 2. The minimum atomic E-state index is -0.974. The minimum absolute atomic E-state index is 0.128. The first kappa shape index (κ1) is 21.7. The van der Waals surface area contributed by atoms with Crippen molar-refractivity contribution in [1.29, 1.82) is 0 Å². The van der Waals surface area contributed by atoms with Crippen LogP contribution in [0.3, 0.4) is 0 Å². The Balaban J connectivity index is 1.64. The van der Waals surface area contributed by atoms with E-state index in [1.165, 1.54) is 23.1 Å². The highest BCUT2D eigenvalue weighted by atomic mass is 35.5. The molecule has 0 N–H and O–H groups in total. The van der Waals surface area contributed by atoms with Crippen molar-refractivity contribution in [3.05, 3.63) is 101 Å². The van der Waals surface area contributed by atoms with Gasteiger partial charge in [-0.2, -0.15) is 0 Å². The molecule has 32 heavy (non-hydrogen) atoms. The van der Waals surface area contributed by atoms with E-state index in [9.17, 15) is 18.8 Å². The zero-order valence-corrected chi connectivity index (χ0v) is 17.8. The third-order valence-electron chi connectivity index (χ3n) is 5.40. The predicted octanol–water partition coefficient (Wildman–Crippen LogP) is 4.50. The van der Waals surface area contributed by atoms with Crippen molar-refractivity contribution in [3.8, 4) is 0 Å². The molecule has 1 aliphatic heterocycles. The number of hydrogen-bond donors (Lipinski definition) is 0. The zero-order valence-electron chi connectivity index (χ0n) is 17.1. The highest BCUT2D eigenvalue weighted by molar-refractivity contribution is 6.31. The Hall–Kier alpha value is -3.51. The van der Waals surface area contributed by atoms with Crippen LogP contribution < -0.4 is 4.90 Å². The van der Waals surface area contributed by atoms with E-state index in [2.05, 4.69) is 0 Å². The van der Waals surface area contributed by atoms with Gasteiger partial charge >= 0.3 is 0 Å². The average molecular weight is 451 g/mol. The minimum Gasteiger partial charge on any atom is -0.326 e. The van der Waals surface area contributed by atoms with Crippen molar-refractivity contribution in [2.75, 3.05) is 11.4 Å². The van der Waals surface area contributed by atoms with E-state index >= 15 is 0 Å². The molecular formula is C25H20ClFN2O3. The molecular weight excluding hydrogens is 431 g/mol. The molecule has 1 saturated heterocycles. The molecule has 3 aromatic carbocycles. The number of hydrogen-bond acceptors (Lipinski definition) is 3. The van der Waals surface area contributed by atoms with Gasteiger partial charge in [0.25, 0.3) is 11.8 Å². The van der Waals surface area contributed by atoms with Gasteiger partial charge in [-0.25, -0.2) is 9.29 Å². The Morgan fingerprint density at radius 1 is 1.00 bits per heavy atom. The fourth-order valence-corrected chi connectivity index (χ4v) is 3.93. The van der Waals surface area contributed by atoms with Crippen LogP contribution in [0.2, 0.25) is 5.02 Å². The summed E-state index contributed by atoms with van der Waals surface area (Å²) in [7, 11) is 0. The van der Waals surface area contributed by atoms with Gasteiger partial charge in [-0.3, -0.25) is 14.4 Å². The maximum Gasteiger partial charge on any atom is 0.257 e. The van der Waals surface area contributed by atoms with Crippen LogP contribution in [0.15, 0.2) is 78.9 Å². The molecule has 5 nitrogen and oxygen atoms in total. The molecule has 0 radical (unpaired) electrons. The van der Waals surface area contributed by atoms with Crippen molar-refractivity contribution in [1.82, 2.24) is 4.90 Å². The summed E-state index contributed by atoms with van der Waals surface area (Å²) in [5, 5.41) is 0.482. The first-order chi connectivity index (χ1) is 15.4. The molecule has 0 saturated carbocycles. The molecule has 3 amide bonds. The summed E-state index contributed by atoms with van der Waals surface area (Å²) in [4.78, 5) is 41.8. The van der Waals surface area contributed by atoms with E-state index in [-0.39, 0.29) is 18.5 Å². The second kappa shape index (κ2) is 9.32. The second-order valence-corrected chi connectivity index (χ2v) is 7.94. The number of benzene rings is 3. The lowest BCUT2D eigenvalue weighted by Crippen LogP contribution is -2.46. The van der Waals surface area contributed by atoms with E-state index < -0.39 is 29.6 Å². The van der Waals surface area contributed by atoms with Crippen LogP contribution in [0.25, 0.3) is 0 Å². The topological polar surface area (TPSA) is 57.7 Å². The molecule has 1 heterocycles. The molecule has 4 rings (SSSR count). The molecule has 0 unspecified atom stereocenters. The lowest BCUT2D eigenvalue weighted by molar-refractivity contribution is -0.122. The fourth-order valence-electron chi connectivity index (χ4n) is 3.80. The standard InChI is InChI=1S/C25H20ClFN2O3/c26-19-9-11-21(12-10-19)29-23(30)16-22(25(29)32)28(14-13-17-5-2-1-3-6-17)24(31)18-7-4-8-20(27)15-18/h1-12,15,22H,13-14,16H2/t22-/m0/s1. The molecule has 0 spiro atoms. The number of amides is 3. The third-order valence-corrected chi connectivity index (χ3v) is 5.65. The molecule has 162 valence electrons. The first-order valence-electron chi connectivity index (χ1n) is 10.2. The van der Waals surface area contributed by atoms with Crippen LogP contribution in [0.4, 0.5) is 10.1 Å². The largest absolute Gasteiger partial charge is 0.326 e. The lowest BCUT2D eigenvalue weighted by Gasteiger charge is -2.28. The quantitative estimate of drug-likeness (QED) is 0.520. The van der Waals surface area contributed by atoms with Crippen LogP contribution in [0, 0.1) is 5.82 Å². The van der Waals surface area contributed by atoms with Gasteiger partial charge in [0.1, 0.15) is 11.9 Å². The van der Waals surface area contributed by atoms with Crippen LogP contribution in [0.1, 0.15) is 22.3 Å². The summed E-state index contributed by atoms with van der Waals surface area (Å²) >= 11 is 5.92. The highest BCUT2D eigenvalue weighted by Gasteiger charge is 2.44. The maximum atomic E-state index is 13.8. The fraction of sp³-hybridized carbons (Fsp3) is 0.160. The number of anilines is 1. The maximum absolute atomic E-state index is 13.8. The summed E-state index contributed by atoms with van der Waals surface area (Å²) in [6, 6.07) is 20.2. The van der Waals surface area contributed by atoms with Gasteiger partial charge in [-0.15, -0.1) is 0 Å². The molecule has 0 bridgehead atoms. The number of carbonyl (C=O) groups is 3. The average Bonchev–Trinajstić information content (AvgIpc) is 3.09. The number of nitrogens with zero attached hydrogens (tertiary/aromatic N) is 2. The molecule has 3 aromatic rings. The van der Waals surface area contributed by atoms with Crippen LogP contribution >= 0.6 is 11.6 Å². The van der Waals surface area contributed by atoms with Crippen molar-refractivity contribution in [2.24, 2.45) is 0 Å². The van der Waals surface area contributed by atoms with Gasteiger partial charge in [0.15, 0.2) is 0 Å². The molecule has 1 aliphatic rings. The van der Waals surface area contributed by atoms with E-state index in [4.69, 9.17) is 11.6 Å². The van der Waals surface area contributed by atoms with Gasteiger partial charge in [-0.1, -0.05) is 48.0 Å². The van der Waals surface area contributed by atoms with Gasteiger partial charge in [0, 0.05) is 17.1 Å². The Bertz CT molecular complexity index is 1150. The summed E-state index contributed by atoms with van der Waals surface area (Å²) in [6.07, 6.45) is 0.345. The van der Waals surface area contributed by atoms with Crippen molar-refractivity contribution in [2.45, 2.75) is 18.9 Å². The number of rotatable bonds is 6. The zero-order chi connectivity index (χ0) is 22.7. The van der Waals surface area contributed by atoms with E-state index in [0.717, 1.165) is 16.5 Å². The van der Waals surface area contributed by atoms with Crippen LogP contribution in [0.5, 0.6) is 0 Å². The van der Waals surface area contributed by atoms with Gasteiger partial charge in [0.05, 0.1) is 12.1 Å². The molecule has 0 aliphatic carbocycles.